The Labute approximate surface area is 115 Å². The summed E-state index contributed by atoms with van der Waals surface area (Å²) in [4.78, 5) is 0.898. The second-order valence-corrected chi connectivity index (χ2v) is 5.67. The summed E-state index contributed by atoms with van der Waals surface area (Å²) >= 11 is 1.60. The van der Waals surface area contributed by atoms with Crippen molar-refractivity contribution >= 4 is 16.3 Å². The molecule has 0 aliphatic heterocycles. The van der Waals surface area contributed by atoms with Crippen molar-refractivity contribution in [1.29, 1.82) is 0 Å². The molecular weight excluding hydrogens is 256 g/mol. The minimum Gasteiger partial charge on any atom is -0.324 e. The van der Waals surface area contributed by atoms with Gasteiger partial charge in [0.1, 0.15) is 0 Å². The lowest BCUT2D eigenvalue weighted by Gasteiger charge is -2.11. The van der Waals surface area contributed by atoms with Crippen LogP contribution in [0.1, 0.15) is 22.5 Å². The van der Waals surface area contributed by atoms with E-state index in [2.05, 4.69) is 52.9 Å². The first-order chi connectivity index (χ1) is 9.11. The summed E-state index contributed by atoms with van der Waals surface area (Å²) in [5.41, 5.74) is 12.0. The highest BCUT2D eigenvalue weighted by Crippen LogP contribution is 2.32. The molecular formula is C14H16N4S. The minimum absolute atomic E-state index is 0.398. The predicted molar refractivity (Wildman–Crippen MR) is 78.4 cm³/mol. The third-order valence-corrected chi connectivity index (χ3v) is 4.15. The molecule has 0 atom stereocenters. The maximum atomic E-state index is 5.75. The average Bonchev–Trinajstić information content (AvgIpc) is 2.90. The van der Waals surface area contributed by atoms with Crippen molar-refractivity contribution in [2.45, 2.75) is 27.3 Å². The molecule has 0 spiro atoms. The zero-order valence-electron chi connectivity index (χ0n) is 11.3. The molecule has 1 aromatic carbocycles. The fraction of sp³-hybridized carbons (Fsp3) is 0.286. The number of hydrogen-bond acceptors (Lipinski definition) is 4. The van der Waals surface area contributed by atoms with Gasteiger partial charge in [-0.25, -0.2) is 0 Å². The summed E-state index contributed by atoms with van der Waals surface area (Å²) in [6.45, 7) is 6.81. The lowest BCUT2D eigenvalue weighted by molar-refractivity contribution is 0.886. The molecule has 0 amide bonds. The normalized spacial score (nSPS) is 11.4. The van der Waals surface area contributed by atoms with E-state index in [-0.39, 0.29) is 0 Å². The number of rotatable bonds is 2. The highest BCUT2D eigenvalue weighted by atomic mass is 32.1. The Morgan fingerprint density at radius 1 is 1.16 bits per heavy atom. The van der Waals surface area contributed by atoms with E-state index in [1.54, 1.807) is 11.3 Å². The molecule has 4 nitrogen and oxygen atoms in total. The number of fused-ring (bicyclic) bond motifs is 1. The number of hydrogen-bond donors (Lipinski definition) is 1. The number of thiazole rings is 1. The van der Waals surface area contributed by atoms with Gasteiger partial charge in [-0.05, 0) is 31.9 Å². The molecule has 3 aromatic rings. The van der Waals surface area contributed by atoms with Crippen molar-refractivity contribution in [2.24, 2.45) is 5.73 Å². The molecule has 0 unspecified atom stereocenters. The lowest BCUT2D eigenvalue weighted by atomic mass is 9.98. The van der Waals surface area contributed by atoms with Crippen LogP contribution in [-0.2, 0) is 6.54 Å². The van der Waals surface area contributed by atoms with E-state index in [1.807, 2.05) is 0 Å². The van der Waals surface area contributed by atoms with Gasteiger partial charge in [-0.3, -0.25) is 4.40 Å². The van der Waals surface area contributed by atoms with Gasteiger partial charge >= 0.3 is 0 Å². The highest BCUT2D eigenvalue weighted by Gasteiger charge is 2.15. The van der Waals surface area contributed by atoms with Crippen molar-refractivity contribution in [3.8, 4) is 11.3 Å². The van der Waals surface area contributed by atoms with Crippen molar-refractivity contribution < 1.29 is 0 Å². The van der Waals surface area contributed by atoms with Gasteiger partial charge in [0.15, 0.2) is 5.82 Å². The standard InChI is InChI=1S/C14H16N4S/c1-8-4-9(2)13(10(3)5-8)11-7-19-14-17-16-12(6-15)18(11)14/h4-5,7H,6,15H2,1-3H3. The van der Waals surface area contributed by atoms with E-state index in [4.69, 9.17) is 5.73 Å². The summed E-state index contributed by atoms with van der Waals surface area (Å²) in [5, 5.41) is 10.4. The van der Waals surface area contributed by atoms with Gasteiger partial charge in [0.05, 0.1) is 12.2 Å². The van der Waals surface area contributed by atoms with E-state index >= 15 is 0 Å². The lowest BCUT2D eigenvalue weighted by Crippen LogP contribution is -2.04. The zero-order valence-corrected chi connectivity index (χ0v) is 12.1. The van der Waals surface area contributed by atoms with Gasteiger partial charge in [-0.2, -0.15) is 0 Å². The molecule has 19 heavy (non-hydrogen) atoms. The molecule has 2 aromatic heterocycles. The third-order valence-electron chi connectivity index (χ3n) is 3.33. The van der Waals surface area contributed by atoms with Crippen LogP contribution in [0.5, 0.6) is 0 Å². The second kappa shape index (κ2) is 4.43. The van der Waals surface area contributed by atoms with Gasteiger partial charge in [0, 0.05) is 10.9 Å². The minimum atomic E-state index is 0.398. The Morgan fingerprint density at radius 3 is 2.47 bits per heavy atom. The summed E-state index contributed by atoms with van der Waals surface area (Å²) in [5.74, 6) is 0.811. The molecule has 0 bridgehead atoms. The van der Waals surface area contributed by atoms with E-state index in [0.717, 1.165) is 16.5 Å². The van der Waals surface area contributed by atoms with Crippen LogP contribution < -0.4 is 5.73 Å². The quantitative estimate of drug-likeness (QED) is 0.780. The Bertz CT molecular complexity index is 731. The van der Waals surface area contributed by atoms with Crippen LogP contribution in [0.25, 0.3) is 16.2 Å². The van der Waals surface area contributed by atoms with Crippen molar-refractivity contribution in [3.05, 3.63) is 40.0 Å². The Morgan fingerprint density at radius 2 is 1.84 bits per heavy atom. The summed E-state index contributed by atoms with van der Waals surface area (Å²) in [6.07, 6.45) is 0. The molecule has 2 N–H and O–H groups in total. The molecule has 3 rings (SSSR count). The topological polar surface area (TPSA) is 56.2 Å². The summed E-state index contributed by atoms with van der Waals surface area (Å²) in [6, 6.07) is 4.41. The van der Waals surface area contributed by atoms with Gasteiger partial charge in [-0.15, -0.1) is 21.5 Å². The first-order valence-electron chi connectivity index (χ1n) is 6.21. The van der Waals surface area contributed by atoms with Crippen LogP contribution in [0.15, 0.2) is 17.5 Å². The first kappa shape index (κ1) is 12.3. The van der Waals surface area contributed by atoms with Gasteiger partial charge < -0.3 is 5.73 Å². The maximum absolute atomic E-state index is 5.75. The SMILES string of the molecule is Cc1cc(C)c(-c2csc3nnc(CN)n23)c(C)c1. The monoisotopic (exact) mass is 272 g/mol. The molecule has 0 aliphatic rings. The Kier molecular flexibility index (Phi) is 2.88. The van der Waals surface area contributed by atoms with E-state index in [9.17, 15) is 0 Å². The third kappa shape index (κ3) is 1.86. The van der Waals surface area contributed by atoms with Crippen LogP contribution in [0.4, 0.5) is 0 Å². The molecule has 5 heteroatoms. The Balaban J connectivity index is 2.33. The summed E-state index contributed by atoms with van der Waals surface area (Å²) < 4.78 is 2.06. The van der Waals surface area contributed by atoms with Crippen LogP contribution in [0.3, 0.4) is 0 Å². The van der Waals surface area contributed by atoms with Crippen molar-refractivity contribution in [1.82, 2.24) is 14.6 Å². The molecule has 0 saturated carbocycles. The smallest absolute Gasteiger partial charge is 0.216 e. The fourth-order valence-electron chi connectivity index (χ4n) is 2.67. The fourth-order valence-corrected chi connectivity index (χ4v) is 3.50. The Hall–Kier alpha value is -1.72. The van der Waals surface area contributed by atoms with Gasteiger partial charge in [0.2, 0.25) is 4.96 Å². The van der Waals surface area contributed by atoms with E-state index < -0.39 is 0 Å². The molecule has 98 valence electrons. The van der Waals surface area contributed by atoms with Crippen LogP contribution >= 0.6 is 11.3 Å². The van der Waals surface area contributed by atoms with Crippen molar-refractivity contribution in [2.75, 3.05) is 0 Å². The maximum Gasteiger partial charge on any atom is 0.216 e. The molecule has 0 fully saturated rings. The predicted octanol–water partition coefficient (Wildman–Crippen LogP) is 2.84. The van der Waals surface area contributed by atoms with E-state index in [0.29, 0.717) is 6.54 Å². The second-order valence-electron chi connectivity index (χ2n) is 4.83. The largest absolute Gasteiger partial charge is 0.324 e. The molecule has 2 heterocycles. The average molecular weight is 272 g/mol. The van der Waals surface area contributed by atoms with E-state index in [1.165, 1.54) is 22.3 Å². The van der Waals surface area contributed by atoms with Gasteiger partial charge in [-0.1, -0.05) is 17.7 Å². The van der Waals surface area contributed by atoms with Crippen LogP contribution in [0.2, 0.25) is 0 Å². The zero-order chi connectivity index (χ0) is 13.6. The highest BCUT2D eigenvalue weighted by molar-refractivity contribution is 7.15. The number of benzene rings is 1. The first-order valence-corrected chi connectivity index (χ1v) is 7.09. The number of aromatic nitrogens is 3. The van der Waals surface area contributed by atoms with Crippen molar-refractivity contribution in [3.63, 3.8) is 0 Å². The number of nitrogens with zero attached hydrogens (tertiary/aromatic N) is 3. The van der Waals surface area contributed by atoms with Gasteiger partial charge in [0.25, 0.3) is 0 Å². The molecule has 0 aliphatic carbocycles. The summed E-state index contributed by atoms with van der Waals surface area (Å²) in [7, 11) is 0. The number of aryl methyl sites for hydroxylation is 3. The molecule has 0 radical (unpaired) electrons. The van der Waals surface area contributed by atoms with Crippen LogP contribution in [0, 0.1) is 20.8 Å². The van der Waals surface area contributed by atoms with Crippen LogP contribution in [-0.4, -0.2) is 14.6 Å². The number of nitrogens with two attached hydrogens (primary N) is 1. The molecule has 0 saturated heterocycles.